The Balaban J connectivity index is 3.52. The minimum atomic E-state index is -3.69. The van der Waals surface area contributed by atoms with Crippen LogP contribution in [0.1, 0.15) is 32.2 Å². The summed E-state index contributed by atoms with van der Waals surface area (Å²) >= 11 is 0. The SMILES string of the molecule is CCc1nn(CC)c(CC)c1S(=O)(=O)Cl. The lowest BCUT2D eigenvalue weighted by molar-refractivity contribution is 0.602. The summed E-state index contributed by atoms with van der Waals surface area (Å²) in [6, 6.07) is 0. The zero-order chi connectivity index (χ0) is 11.6. The van der Waals surface area contributed by atoms with Gasteiger partial charge < -0.3 is 0 Å². The third kappa shape index (κ3) is 2.34. The van der Waals surface area contributed by atoms with Gasteiger partial charge in [-0.2, -0.15) is 5.10 Å². The first kappa shape index (κ1) is 12.5. The van der Waals surface area contributed by atoms with Crippen LogP contribution < -0.4 is 0 Å². The number of aromatic nitrogens is 2. The summed E-state index contributed by atoms with van der Waals surface area (Å²) in [5.41, 5.74) is 1.26. The maximum absolute atomic E-state index is 11.4. The molecule has 1 aromatic rings. The lowest BCUT2D eigenvalue weighted by Crippen LogP contribution is -2.03. The monoisotopic (exact) mass is 250 g/mol. The molecule has 0 aliphatic carbocycles. The molecule has 0 radical (unpaired) electrons. The van der Waals surface area contributed by atoms with E-state index in [9.17, 15) is 8.42 Å². The molecule has 4 nitrogen and oxygen atoms in total. The molecule has 0 amide bonds. The minimum Gasteiger partial charge on any atom is -0.268 e. The van der Waals surface area contributed by atoms with E-state index in [1.165, 1.54) is 0 Å². The predicted octanol–water partition coefficient (Wildman–Crippen LogP) is 1.96. The molecule has 15 heavy (non-hydrogen) atoms. The summed E-state index contributed by atoms with van der Waals surface area (Å²) in [6.45, 7) is 6.35. The smallest absolute Gasteiger partial charge is 0.264 e. The van der Waals surface area contributed by atoms with Gasteiger partial charge in [-0.1, -0.05) is 13.8 Å². The molecule has 0 aliphatic heterocycles. The highest BCUT2D eigenvalue weighted by atomic mass is 35.7. The van der Waals surface area contributed by atoms with Crippen LogP contribution in [0.2, 0.25) is 0 Å². The van der Waals surface area contributed by atoms with Crippen molar-refractivity contribution in [1.29, 1.82) is 0 Å². The summed E-state index contributed by atoms with van der Waals surface area (Å²) in [7, 11) is 1.73. The quantitative estimate of drug-likeness (QED) is 0.768. The number of aryl methyl sites for hydroxylation is 2. The highest BCUT2D eigenvalue weighted by Gasteiger charge is 2.24. The van der Waals surface area contributed by atoms with Crippen molar-refractivity contribution in [3.05, 3.63) is 11.4 Å². The van der Waals surface area contributed by atoms with Gasteiger partial charge >= 0.3 is 0 Å². The maximum atomic E-state index is 11.4. The van der Waals surface area contributed by atoms with Gasteiger partial charge in [-0.3, -0.25) is 4.68 Å². The van der Waals surface area contributed by atoms with E-state index in [4.69, 9.17) is 10.7 Å². The topological polar surface area (TPSA) is 52.0 Å². The van der Waals surface area contributed by atoms with Gasteiger partial charge in [0.25, 0.3) is 9.05 Å². The summed E-state index contributed by atoms with van der Waals surface area (Å²) in [5.74, 6) is 0. The molecule has 6 heteroatoms. The summed E-state index contributed by atoms with van der Waals surface area (Å²) in [6.07, 6.45) is 1.18. The average molecular weight is 251 g/mol. The van der Waals surface area contributed by atoms with Crippen molar-refractivity contribution in [2.75, 3.05) is 0 Å². The molecule has 0 fully saturated rings. The van der Waals surface area contributed by atoms with Crippen LogP contribution in [0.4, 0.5) is 0 Å². The predicted molar refractivity (Wildman–Crippen MR) is 59.7 cm³/mol. The van der Waals surface area contributed by atoms with Gasteiger partial charge in [-0.25, -0.2) is 8.42 Å². The Kier molecular flexibility index (Phi) is 3.78. The molecule has 86 valence electrons. The number of hydrogen-bond acceptors (Lipinski definition) is 3. The van der Waals surface area contributed by atoms with Crippen LogP contribution in [0.3, 0.4) is 0 Å². The minimum absolute atomic E-state index is 0.205. The van der Waals surface area contributed by atoms with E-state index in [-0.39, 0.29) is 4.90 Å². The van der Waals surface area contributed by atoms with Gasteiger partial charge in [-0.05, 0) is 19.8 Å². The molecule has 0 atom stereocenters. The van der Waals surface area contributed by atoms with Gasteiger partial charge in [0.15, 0.2) is 0 Å². The largest absolute Gasteiger partial charge is 0.268 e. The maximum Gasteiger partial charge on any atom is 0.264 e. The van der Waals surface area contributed by atoms with Gasteiger partial charge in [0, 0.05) is 17.2 Å². The molecular formula is C9H15ClN2O2S. The zero-order valence-corrected chi connectivity index (χ0v) is 10.7. The summed E-state index contributed by atoms with van der Waals surface area (Å²) in [5, 5.41) is 4.24. The van der Waals surface area contributed by atoms with Crippen LogP contribution in [0, 0.1) is 0 Å². The van der Waals surface area contributed by atoms with Crippen molar-refractivity contribution >= 4 is 19.7 Å². The van der Waals surface area contributed by atoms with Crippen molar-refractivity contribution < 1.29 is 8.42 Å². The number of halogens is 1. The van der Waals surface area contributed by atoms with E-state index in [0.717, 1.165) is 0 Å². The van der Waals surface area contributed by atoms with E-state index in [1.807, 2.05) is 20.8 Å². The fraction of sp³-hybridized carbons (Fsp3) is 0.667. The molecule has 0 spiro atoms. The second-order valence-electron chi connectivity index (χ2n) is 3.18. The summed E-state index contributed by atoms with van der Waals surface area (Å²) in [4.78, 5) is 0.205. The van der Waals surface area contributed by atoms with Crippen LogP contribution in [-0.4, -0.2) is 18.2 Å². The Labute approximate surface area is 94.7 Å². The van der Waals surface area contributed by atoms with Gasteiger partial charge in [0.05, 0.1) is 11.4 Å². The molecule has 1 aromatic heterocycles. The first-order chi connectivity index (χ1) is 6.95. The Bertz CT molecular complexity index is 451. The first-order valence-corrected chi connectivity index (χ1v) is 7.29. The highest BCUT2D eigenvalue weighted by Crippen LogP contribution is 2.25. The fourth-order valence-electron chi connectivity index (χ4n) is 1.65. The van der Waals surface area contributed by atoms with Crippen LogP contribution in [0.15, 0.2) is 4.90 Å². The van der Waals surface area contributed by atoms with Crippen molar-refractivity contribution in [1.82, 2.24) is 9.78 Å². The zero-order valence-electron chi connectivity index (χ0n) is 9.12. The summed E-state index contributed by atoms with van der Waals surface area (Å²) < 4.78 is 24.6. The molecule has 0 bridgehead atoms. The van der Waals surface area contributed by atoms with Crippen LogP contribution in [-0.2, 0) is 28.4 Å². The van der Waals surface area contributed by atoms with E-state index in [2.05, 4.69) is 5.10 Å². The molecule has 1 heterocycles. The van der Waals surface area contributed by atoms with Crippen LogP contribution in [0.25, 0.3) is 0 Å². The molecule has 0 saturated heterocycles. The van der Waals surface area contributed by atoms with Crippen LogP contribution >= 0.6 is 10.7 Å². The number of nitrogens with zero attached hydrogens (tertiary/aromatic N) is 2. The lowest BCUT2D eigenvalue weighted by atomic mass is 10.2. The molecule has 0 N–H and O–H groups in total. The average Bonchev–Trinajstić information content (AvgIpc) is 2.54. The molecular weight excluding hydrogens is 236 g/mol. The standard InChI is InChI=1S/C9H15ClN2O2S/c1-4-7-9(15(10,13)14)8(5-2)12(6-3)11-7/h4-6H2,1-3H3. The Hall–Kier alpha value is -0.550. The van der Waals surface area contributed by atoms with Gasteiger partial charge in [0.2, 0.25) is 0 Å². The van der Waals surface area contributed by atoms with Crippen molar-refractivity contribution in [3.63, 3.8) is 0 Å². The fourth-order valence-corrected chi connectivity index (χ4v) is 3.18. The van der Waals surface area contributed by atoms with Crippen molar-refractivity contribution in [2.45, 2.75) is 45.1 Å². The molecule has 1 rings (SSSR count). The first-order valence-electron chi connectivity index (χ1n) is 4.98. The van der Waals surface area contributed by atoms with E-state index < -0.39 is 9.05 Å². The third-order valence-electron chi connectivity index (χ3n) is 2.29. The van der Waals surface area contributed by atoms with Gasteiger partial charge in [-0.15, -0.1) is 0 Å². The number of hydrogen-bond donors (Lipinski definition) is 0. The van der Waals surface area contributed by atoms with Gasteiger partial charge in [0.1, 0.15) is 4.90 Å². The van der Waals surface area contributed by atoms with Crippen LogP contribution in [0.5, 0.6) is 0 Å². The van der Waals surface area contributed by atoms with E-state index in [1.54, 1.807) is 4.68 Å². The molecule has 0 unspecified atom stereocenters. The Morgan fingerprint density at radius 3 is 2.20 bits per heavy atom. The number of rotatable bonds is 4. The second-order valence-corrected chi connectivity index (χ2v) is 5.69. The van der Waals surface area contributed by atoms with E-state index in [0.29, 0.717) is 30.8 Å². The second kappa shape index (κ2) is 4.53. The Morgan fingerprint density at radius 2 is 1.87 bits per heavy atom. The molecule has 0 aliphatic rings. The lowest BCUT2D eigenvalue weighted by Gasteiger charge is -2.02. The third-order valence-corrected chi connectivity index (χ3v) is 3.71. The molecule has 0 saturated carbocycles. The van der Waals surface area contributed by atoms with E-state index >= 15 is 0 Å². The Morgan fingerprint density at radius 1 is 1.27 bits per heavy atom. The van der Waals surface area contributed by atoms with Crippen molar-refractivity contribution in [3.8, 4) is 0 Å². The van der Waals surface area contributed by atoms with Crippen molar-refractivity contribution in [2.24, 2.45) is 0 Å². The highest BCUT2D eigenvalue weighted by molar-refractivity contribution is 8.13. The molecule has 0 aromatic carbocycles. The normalized spacial score (nSPS) is 12.0.